The fourth-order valence-corrected chi connectivity index (χ4v) is 3.99. The van der Waals surface area contributed by atoms with E-state index in [4.69, 9.17) is 0 Å². The van der Waals surface area contributed by atoms with E-state index in [-0.39, 0.29) is 17.8 Å². The van der Waals surface area contributed by atoms with Crippen molar-refractivity contribution in [3.05, 3.63) is 23.7 Å². The number of aryl methyl sites for hydroxylation is 1. The fraction of sp³-hybridized carbons (Fsp3) is 0.632. The van der Waals surface area contributed by atoms with E-state index in [0.29, 0.717) is 19.0 Å². The molecule has 0 saturated carbocycles. The van der Waals surface area contributed by atoms with Gasteiger partial charge in [0.1, 0.15) is 0 Å². The summed E-state index contributed by atoms with van der Waals surface area (Å²) in [6, 6.07) is 2.13. The molecule has 4 heterocycles. The molecule has 1 amide bonds. The molecule has 2 unspecified atom stereocenters. The maximum Gasteiger partial charge on any atom is 0.291 e. The number of nitrogens with one attached hydrogen (secondary N) is 1. The van der Waals surface area contributed by atoms with E-state index in [2.05, 4.69) is 38.2 Å². The van der Waals surface area contributed by atoms with Crippen LogP contribution < -0.4 is 10.2 Å². The van der Waals surface area contributed by atoms with E-state index in [0.717, 1.165) is 49.5 Å². The molecule has 0 radical (unpaired) electrons. The lowest BCUT2D eigenvalue weighted by Gasteiger charge is -2.18. The number of nitrogens with zero attached hydrogens (tertiary/aromatic N) is 5. The largest absolute Gasteiger partial charge is 0.392 e. The topological polar surface area (TPSA) is 86.0 Å². The lowest BCUT2D eigenvalue weighted by Crippen LogP contribution is -2.34. The molecule has 8 heteroatoms. The Balaban J connectivity index is 1.43. The first-order chi connectivity index (χ1) is 13.0. The number of fused-ring (bicyclic) bond motifs is 1. The highest BCUT2D eigenvalue weighted by Gasteiger charge is 2.22. The highest BCUT2D eigenvalue weighted by Crippen LogP contribution is 2.25. The van der Waals surface area contributed by atoms with Crippen LogP contribution >= 0.6 is 0 Å². The summed E-state index contributed by atoms with van der Waals surface area (Å²) in [6.45, 7) is 9.20. The van der Waals surface area contributed by atoms with Gasteiger partial charge in [0.05, 0.1) is 18.0 Å². The van der Waals surface area contributed by atoms with Gasteiger partial charge >= 0.3 is 0 Å². The van der Waals surface area contributed by atoms with Crippen LogP contribution in [0.5, 0.6) is 0 Å². The van der Waals surface area contributed by atoms with Gasteiger partial charge in [0.25, 0.3) is 5.91 Å². The van der Waals surface area contributed by atoms with Gasteiger partial charge in [-0.25, -0.2) is 9.50 Å². The molecule has 0 aliphatic carbocycles. The van der Waals surface area contributed by atoms with Crippen LogP contribution in [0.2, 0.25) is 0 Å². The van der Waals surface area contributed by atoms with Crippen LogP contribution in [0.15, 0.2) is 12.3 Å². The average molecular weight is 372 g/mol. The van der Waals surface area contributed by atoms with Gasteiger partial charge in [-0.15, -0.1) is 5.10 Å². The molecule has 0 bridgehead atoms. The van der Waals surface area contributed by atoms with Crippen molar-refractivity contribution in [1.29, 1.82) is 0 Å². The van der Waals surface area contributed by atoms with Gasteiger partial charge in [-0.3, -0.25) is 9.69 Å². The Bertz CT molecular complexity index is 835. The van der Waals surface area contributed by atoms with Crippen LogP contribution in [0, 0.1) is 12.8 Å². The predicted molar refractivity (Wildman–Crippen MR) is 103 cm³/mol. The molecule has 0 aromatic carbocycles. The molecule has 27 heavy (non-hydrogen) atoms. The Kier molecular flexibility index (Phi) is 5.01. The highest BCUT2D eigenvalue weighted by atomic mass is 16.3. The van der Waals surface area contributed by atoms with Gasteiger partial charge in [0.15, 0.2) is 5.65 Å². The van der Waals surface area contributed by atoms with Crippen molar-refractivity contribution >= 4 is 17.2 Å². The number of hydrogen-bond donors (Lipinski definition) is 2. The monoisotopic (exact) mass is 372 g/mol. The van der Waals surface area contributed by atoms with Gasteiger partial charge in [0.2, 0.25) is 5.82 Å². The van der Waals surface area contributed by atoms with Crippen molar-refractivity contribution in [2.24, 2.45) is 5.92 Å². The third-order valence-corrected chi connectivity index (χ3v) is 5.56. The number of rotatable bonds is 5. The standard InChI is InChI=1S/C19H28N6O2/c1-13-3-7-24(10-13)15-9-14(2)18-21-17(22-25(18)11-15)19(27)20-5-8-23-6-4-16(26)12-23/h9,11,13,16,26H,3-8,10,12H2,1-2H3,(H,20,27). The molecule has 146 valence electrons. The Labute approximate surface area is 159 Å². The minimum absolute atomic E-state index is 0.200. The molecule has 2 aliphatic heterocycles. The van der Waals surface area contributed by atoms with Crippen LogP contribution in [-0.2, 0) is 0 Å². The lowest BCUT2D eigenvalue weighted by molar-refractivity contribution is 0.0939. The van der Waals surface area contributed by atoms with Crippen LogP contribution in [0.4, 0.5) is 5.69 Å². The van der Waals surface area contributed by atoms with E-state index in [9.17, 15) is 9.90 Å². The zero-order chi connectivity index (χ0) is 19.0. The Morgan fingerprint density at radius 2 is 2.19 bits per heavy atom. The molecule has 2 aromatic rings. The molecule has 2 saturated heterocycles. The number of amides is 1. The van der Waals surface area contributed by atoms with Gasteiger partial charge < -0.3 is 15.3 Å². The average Bonchev–Trinajstić information content (AvgIpc) is 3.34. The molecule has 2 atom stereocenters. The van der Waals surface area contributed by atoms with E-state index in [1.54, 1.807) is 4.52 Å². The van der Waals surface area contributed by atoms with Crippen molar-refractivity contribution in [3.8, 4) is 0 Å². The Hall–Kier alpha value is -2.19. The van der Waals surface area contributed by atoms with E-state index < -0.39 is 0 Å². The van der Waals surface area contributed by atoms with Crippen molar-refractivity contribution in [1.82, 2.24) is 24.8 Å². The highest BCUT2D eigenvalue weighted by molar-refractivity contribution is 5.91. The third kappa shape index (κ3) is 3.91. The first-order valence-electron chi connectivity index (χ1n) is 9.80. The fourth-order valence-electron chi connectivity index (χ4n) is 3.99. The molecule has 0 spiro atoms. The number of aliphatic hydroxyl groups is 1. The van der Waals surface area contributed by atoms with E-state index >= 15 is 0 Å². The molecule has 8 nitrogen and oxygen atoms in total. The van der Waals surface area contributed by atoms with Gasteiger partial charge in [0, 0.05) is 39.3 Å². The third-order valence-electron chi connectivity index (χ3n) is 5.56. The van der Waals surface area contributed by atoms with Crippen LogP contribution in [0.25, 0.3) is 5.65 Å². The Morgan fingerprint density at radius 1 is 1.33 bits per heavy atom. The first-order valence-corrected chi connectivity index (χ1v) is 9.80. The second-order valence-corrected chi connectivity index (χ2v) is 7.92. The van der Waals surface area contributed by atoms with Crippen molar-refractivity contribution in [2.45, 2.75) is 32.8 Å². The summed E-state index contributed by atoms with van der Waals surface area (Å²) >= 11 is 0. The van der Waals surface area contributed by atoms with E-state index in [1.165, 1.54) is 6.42 Å². The maximum atomic E-state index is 12.4. The molecule has 2 aromatic heterocycles. The number of aromatic nitrogens is 3. The van der Waals surface area contributed by atoms with Crippen LogP contribution in [0.1, 0.15) is 35.9 Å². The molecule has 4 rings (SSSR count). The zero-order valence-electron chi connectivity index (χ0n) is 16.1. The summed E-state index contributed by atoms with van der Waals surface area (Å²) in [6.07, 6.45) is 3.74. The summed E-state index contributed by atoms with van der Waals surface area (Å²) in [5.41, 5.74) is 2.87. The zero-order valence-corrected chi connectivity index (χ0v) is 16.1. The van der Waals surface area contributed by atoms with Crippen molar-refractivity contribution in [3.63, 3.8) is 0 Å². The maximum absolute atomic E-state index is 12.4. The second-order valence-electron chi connectivity index (χ2n) is 7.92. The minimum Gasteiger partial charge on any atom is -0.392 e. The molecule has 2 N–H and O–H groups in total. The SMILES string of the molecule is Cc1cc(N2CCC(C)C2)cn2nc(C(=O)NCCN3CCC(O)C3)nc12. The predicted octanol–water partition coefficient (Wildman–Crippen LogP) is 0.680. The number of carbonyl (C=O) groups is 1. The van der Waals surface area contributed by atoms with Crippen molar-refractivity contribution < 1.29 is 9.90 Å². The lowest BCUT2D eigenvalue weighted by atomic mass is 10.2. The molecule has 2 fully saturated rings. The minimum atomic E-state index is -0.255. The quantitative estimate of drug-likeness (QED) is 0.803. The van der Waals surface area contributed by atoms with Crippen molar-refractivity contribution in [2.75, 3.05) is 44.2 Å². The smallest absolute Gasteiger partial charge is 0.291 e. The van der Waals surface area contributed by atoms with Gasteiger partial charge in [-0.05, 0) is 37.3 Å². The number of hydrogen-bond acceptors (Lipinski definition) is 6. The second kappa shape index (κ2) is 7.44. The van der Waals surface area contributed by atoms with Gasteiger partial charge in [-0.2, -0.15) is 0 Å². The van der Waals surface area contributed by atoms with Crippen LogP contribution in [-0.4, -0.2) is 75.9 Å². The molecular formula is C19H28N6O2. The first kappa shape index (κ1) is 18.2. The molecule has 2 aliphatic rings. The molecular weight excluding hydrogens is 344 g/mol. The normalized spacial score (nSPS) is 23.4. The summed E-state index contributed by atoms with van der Waals surface area (Å²) in [7, 11) is 0. The summed E-state index contributed by atoms with van der Waals surface area (Å²) in [5, 5.41) is 16.8. The number of likely N-dealkylation sites (tertiary alicyclic amines) is 1. The van der Waals surface area contributed by atoms with Gasteiger partial charge in [-0.1, -0.05) is 6.92 Å². The number of aliphatic hydroxyl groups excluding tert-OH is 1. The number of β-amino-alcohol motifs (C(OH)–C–C–N with tert-alkyl or cyclic N) is 1. The Morgan fingerprint density at radius 3 is 2.89 bits per heavy atom. The number of pyridine rings is 1. The summed E-state index contributed by atoms with van der Waals surface area (Å²) < 4.78 is 1.72. The summed E-state index contributed by atoms with van der Waals surface area (Å²) in [5.74, 6) is 0.649. The number of anilines is 1. The number of carbonyl (C=O) groups excluding carboxylic acids is 1. The van der Waals surface area contributed by atoms with Crippen LogP contribution in [0.3, 0.4) is 0 Å². The van der Waals surface area contributed by atoms with E-state index in [1.807, 2.05) is 13.1 Å². The summed E-state index contributed by atoms with van der Waals surface area (Å²) in [4.78, 5) is 21.4.